The SMILES string of the molecule is CC(CN)CCC(=O)N1CCC(C)C(O)C1. The maximum absolute atomic E-state index is 11.8. The summed E-state index contributed by atoms with van der Waals surface area (Å²) in [6.45, 7) is 6.00. The Morgan fingerprint density at radius 1 is 1.62 bits per heavy atom. The van der Waals surface area contributed by atoms with Gasteiger partial charge in [0.25, 0.3) is 0 Å². The van der Waals surface area contributed by atoms with Crippen molar-refractivity contribution in [3.63, 3.8) is 0 Å². The summed E-state index contributed by atoms with van der Waals surface area (Å²) in [5.41, 5.74) is 5.51. The van der Waals surface area contributed by atoms with Gasteiger partial charge in [0.1, 0.15) is 0 Å². The van der Waals surface area contributed by atoms with Crippen molar-refractivity contribution in [3.05, 3.63) is 0 Å². The molecule has 0 aromatic carbocycles. The van der Waals surface area contributed by atoms with Crippen molar-refractivity contribution in [2.24, 2.45) is 17.6 Å². The minimum absolute atomic E-state index is 0.159. The molecule has 3 atom stereocenters. The molecule has 16 heavy (non-hydrogen) atoms. The molecule has 0 spiro atoms. The maximum Gasteiger partial charge on any atom is 0.222 e. The second kappa shape index (κ2) is 6.21. The number of likely N-dealkylation sites (tertiary alicyclic amines) is 1. The lowest BCUT2D eigenvalue weighted by Gasteiger charge is -2.34. The fourth-order valence-corrected chi connectivity index (χ4v) is 1.92. The van der Waals surface area contributed by atoms with E-state index in [0.29, 0.717) is 31.3 Å². The van der Waals surface area contributed by atoms with Crippen LogP contribution in [0.2, 0.25) is 0 Å². The van der Waals surface area contributed by atoms with Crippen molar-refractivity contribution in [2.75, 3.05) is 19.6 Å². The maximum atomic E-state index is 11.8. The second-order valence-electron chi connectivity index (χ2n) is 5.05. The Hall–Kier alpha value is -0.610. The van der Waals surface area contributed by atoms with Crippen LogP contribution in [0.4, 0.5) is 0 Å². The van der Waals surface area contributed by atoms with Crippen LogP contribution < -0.4 is 5.73 Å². The predicted molar refractivity (Wildman–Crippen MR) is 63.8 cm³/mol. The van der Waals surface area contributed by atoms with Crippen molar-refractivity contribution in [1.29, 1.82) is 0 Å². The predicted octanol–water partition coefficient (Wildman–Crippen LogP) is 0.591. The number of carbonyl (C=O) groups is 1. The highest BCUT2D eigenvalue weighted by atomic mass is 16.3. The van der Waals surface area contributed by atoms with Crippen molar-refractivity contribution < 1.29 is 9.90 Å². The molecule has 0 saturated carbocycles. The van der Waals surface area contributed by atoms with Gasteiger partial charge < -0.3 is 15.7 Å². The van der Waals surface area contributed by atoms with Gasteiger partial charge in [0.05, 0.1) is 6.10 Å². The molecule has 4 nitrogen and oxygen atoms in total. The lowest BCUT2D eigenvalue weighted by molar-refractivity contribution is -0.135. The van der Waals surface area contributed by atoms with Crippen LogP contribution in [0.5, 0.6) is 0 Å². The van der Waals surface area contributed by atoms with Crippen LogP contribution >= 0.6 is 0 Å². The highest BCUT2D eigenvalue weighted by Gasteiger charge is 2.26. The van der Waals surface area contributed by atoms with Crippen LogP contribution in [-0.4, -0.2) is 41.7 Å². The number of hydrogen-bond acceptors (Lipinski definition) is 3. The van der Waals surface area contributed by atoms with Crippen molar-refractivity contribution in [1.82, 2.24) is 4.90 Å². The van der Waals surface area contributed by atoms with E-state index in [1.165, 1.54) is 0 Å². The van der Waals surface area contributed by atoms with Gasteiger partial charge in [-0.25, -0.2) is 0 Å². The van der Waals surface area contributed by atoms with E-state index in [0.717, 1.165) is 19.4 Å². The zero-order valence-electron chi connectivity index (χ0n) is 10.4. The van der Waals surface area contributed by atoms with Crippen LogP contribution in [0.3, 0.4) is 0 Å². The first-order chi connectivity index (χ1) is 7.54. The summed E-state index contributed by atoms with van der Waals surface area (Å²) in [6.07, 6.45) is 1.95. The normalized spacial score (nSPS) is 27.9. The Kier molecular flexibility index (Phi) is 5.22. The second-order valence-corrected chi connectivity index (χ2v) is 5.05. The summed E-state index contributed by atoms with van der Waals surface area (Å²) in [4.78, 5) is 13.6. The summed E-state index contributed by atoms with van der Waals surface area (Å²) in [7, 11) is 0. The fourth-order valence-electron chi connectivity index (χ4n) is 1.92. The highest BCUT2D eigenvalue weighted by molar-refractivity contribution is 5.76. The molecule has 0 radical (unpaired) electrons. The average molecular weight is 228 g/mol. The van der Waals surface area contributed by atoms with Gasteiger partial charge in [-0.1, -0.05) is 13.8 Å². The van der Waals surface area contributed by atoms with E-state index in [9.17, 15) is 9.90 Å². The Morgan fingerprint density at radius 3 is 2.88 bits per heavy atom. The smallest absolute Gasteiger partial charge is 0.222 e. The summed E-state index contributed by atoms with van der Waals surface area (Å²) in [5.74, 6) is 0.871. The topological polar surface area (TPSA) is 66.6 Å². The van der Waals surface area contributed by atoms with E-state index < -0.39 is 0 Å². The molecule has 4 heteroatoms. The molecular formula is C12H24N2O2. The Balaban J connectivity index is 2.32. The number of nitrogens with two attached hydrogens (primary N) is 1. The standard InChI is InChI=1S/C12H24N2O2/c1-9(7-13)3-4-12(16)14-6-5-10(2)11(15)8-14/h9-11,15H,3-8,13H2,1-2H3. The van der Waals surface area contributed by atoms with Crippen LogP contribution in [0.15, 0.2) is 0 Å². The minimum Gasteiger partial charge on any atom is -0.391 e. The van der Waals surface area contributed by atoms with E-state index >= 15 is 0 Å². The number of rotatable bonds is 4. The van der Waals surface area contributed by atoms with Crippen molar-refractivity contribution in [3.8, 4) is 0 Å². The molecule has 94 valence electrons. The first kappa shape index (κ1) is 13.5. The molecule has 1 aliphatic rings. The quantitative estimate of drug-likeness (QED) is 0.740. The number of nitrogens with zero attached hydrogens (tertiary/aromatic N) is 1. The third kappa shape index (κ3) is 3.76. The molecule has 1 heterocycles. The van der Waals surface area contributed by atoms with Crippen molar-refractivity contribution >= 4 is 5.91 Å². The van der Waals surface area contributed by atoms with Gasteiger partial charge in [-0.3, -0.25) is 4.79 Å². The molecule has 3 unspecified atom stereocenters. The van der Waals surface area contributed by atoms with E-state index in [-0.39, 0.29) is 12.0 Å². The lowest BCUT2D eigenvalue weighted by atomic mass is 9.95. The molecule has 1 saturated heterocycles. The van der Waals surface area contributed by atoms with Gasteiger partial charge in [-0.05, 0) is 31.2 Å². The number of β-amino-alcohol motifs (C(OH)–C–C–N with tert-alkyl or cyclic N) is 1. The van der Waals surface area contributed by atoms with Gasteiger partial charge in [0, 0.05) is 19.5 Å². The summed E-state index contributed by atoms with van der Waals surface area (Å²) in [6, 6.07) is 0. The number of carbonyl (C=O) groups excluding carboxylic acids is 1. The minimum atomic E-state index is -0.357. The Labute approximate surface area is 97.8 Å². The number of aliphatic hydroxyl groups excluding tert-OH is 1. The van der Waals surface area contributed by atoms with Gasteiger partial charge in [-0.2, -0.15) is 0 Å². The van der Waals surface area contributed by atoms with E-state index in [1.54, 1.807) is 4.90 Å². The fraction of sp³-hybridized carbons (Fsp3) is 0.917. The molecule has 0 aromatic rings. The first-order valence-corrected chi connectivity index (χ1v) is 6.20. The van der Waals surface area contributed by atoms with Crippen LogP contribution in [0.1, 0.15) is 33.1 Å². The molecule has 1 fully saturated rings. The largest absolute Gasteiger partial charge is 0.391 e. The number of piperidine rings is 1. The van der Waals surface area contributed by atoms with Gasteiger partial charge in [0.2, 0.25) is 5.91 Å². The summed E-state index contributed by atoms with van der Waals surface area (Å²) in [5, 5.41) is 9.71. The monoisotopic (exact) mass is 228 g/mol. The first-order valence-electron chi connectivity index (χ1n) is 6.20. The van der Waals surface area contributed by atoms with Crippen LogP contribution in [0, 0.1) is 11.8 Å². The zero-order chi connectivity index (χ0) is 12.1. The van der Waals surface area contributed by atoms with Crippen LogP contribution in [0.25, 0.3) is 0 Å². The molecule has 1 aliphatic heterocycles. The molecular weight excluding hydrogens is 204 g/mol. The number of hydrogen-bond donors (Lipinski definition) is 2. The summed E-state index contributed by atoms with van der Waals surface area (Å²) < 4.78 is 0. The Bertz CT molecular complexity index is 233. The molecule has 0 aromatic heterocycles. The van der Waals surface area contributed by atoms with Crippen LogP contribution in [-0.2, 0) is 4.79 Å². The van der Waals surface area contributed by atoms with Gasteiger partial charge in [0.15, 0.2) is 0 Å². The van der Waals surface area contributed by atoms with Crippen molar-refractivity contribution in [2.45, 2.75) is 39.2 Å². The third-order valence-corrected chi connectivity index (χ3v) is 3.52. The highest BCUT2D eigenvalue weighted by Crippen LogP contribution is 2.18. The average Bonchev–Trinajstić information content (AvgIpc) is 2.29. The molecule has 1 rings (SSSR count). The van der Waals surface area contributed by atoms with E-state index in [2.05, 4.69) is 6.92 Å². The lowest BCUT2D eigenvalue weighted by Crippen LogP contribution is -2.45. The van der Waals surface area contributed by atoms with E-state index in [1.807, 2.05) is 6.92 Å². The third-order valence-electron chi connectivity index (χ3n) is 3.52. The van der Waals surface area contributed by atoms with Gasteiger partial charge >= 0.3 is 0 Å². The number of amides is 1. The Morgan fingerprint density at radius 2 is 2.31 bits per heavy atom. The zero-order valence-corrected chi connectivity index (χ0v) is 10.4. The molecule has 0 aliphatic carbocycles. The summed E-state index contributed by atoms with van der Waals surface area (Å²) >= 11 is 0. The molecule has 3 N–H and O–H groups in total. The molecule has 1 amide bonds. The molecule has 0 bridgehead atoms. The van der Waals surface area contributed by atoms with Gasteiger partial charge in [-0.15, -0.1) is 0 Å². The van der Waals surface area contributed by atoms with E-state index in [4.69, 9.17) is 5.73 Å². The number of aliphatic hydroxyl groups is 1.